The molecule has 0 radical (unpaired) electrons. The highest BCUT2D eigenvalue weighted by molar-refractivity contribution is 5.95. The van der Waals surface area contributed by atoms with Crippen molar-refractivity contribution in [3.05, 3.63) is 191 Å². The highest BCUT2D eigenvalue weighted by atomic mass is 16.3. The zero-order valence-electron chi connectivity index (χ0n) is 21.4. The summed E-state index contributed by atoms with van der Waals surface area (Å²) in [6.45, 7) is 0. The Kier molecular flexibility index (Phi) is 4.65. The lowest BCUT2D eigenvalue weighted by Crippen LogP contribution is -2.30. The number of fused-ring (bicyclic) bond motifs is 10. The van der Waals surface area contributed by atoms with Crippen LogP contribution in [-0.4, -0.2) is 5.11 Å². The molecule has 0 unspecified atom stereocenters. The SMILES string of the molecule is OC(c1ccccc1)(c1ccccc1)c1ccc2c(c1)C1(c3ccccc3-c3ccccc31)c1ccccc1-2. The van der Waals surface area contributed by atoms with Crippen LogP contribution < -0.4 is 0 Å². The molecule has 184 valence electrons. The van der Waals surface area contributed by atoms with Crippen molar-refractivity contribution in [3.63, 3.8) is 0 Å². The van der Waals surface area contributed by atoms with Crippen molar-refractivity contribution >= 4 is 0 Å². The number of rotatable bonds is 3. The first-order chi connectivity index (χ1) is 19.2. The van der Waals surface area contributed by atoms with Gasteiger partial charge < -0.3 is 5.11 Å². The number of benzene rings is 6. The fraction of sp³-hybridized carbons (Fsp3) is 0.0526. The predicted molar refractivity (Wildman–Crippen MR) is 158 cm³/mol. The zero-order valence-corrected chi connectivity index (χ0v) is 21.4. The number of hydrogen-bond acceptors (Lipinski definition) is 1. The summed E-state index contributed by atoms with van der Waals surface area (Å²) in [5.74, 6) is 0. The second-order valence-electron chi connectivity index (χ2n) is 10.6. The third-order valence-electron chi connectivity index (χ3n) is 8.80. The van der Waals surface area contributed by atoms with Crippen LogP contribution in [0.1, 0.15) is 38.9 Å². The Morgan fingerprint density at radius 2 is 0.744 bits per heavy atom. The molecule has 8 rings (SSSR count). The maximum absolute atomic E-state index is 12.7. The van der Waals surface area contributed by atoms with Gasteiger partial charge in [-0.15, -0.1) is 0 Å². The van der Waals surface area contributed by atoms with Gasteiger partial charge in [-0.25, -0.2) is 0 Å². The lowest BCUT2D eigenvalue weighted by Gasteiger charge is -2.34. The van der Waals surface area contributed by atoms with E-state index in [1.807, 2.05) is 60.7 Å². The van der Waals surface area contributed by atoms with Gasteiger partial charge in [0.2, 0.25) is 0 Å². The summed E-state index contributed by atoms with van der Waals surface area (Å²) in [7, 11) is 0. The largest absolute Gasteiger partial charge is 0.376 e. The first-order valence-corrected chi connectivity index (χ1v) is 13.5. The molecule has 0 aliphatic heterocycles. The summed E-state index contributed by atoms with van der Waals surface area (Å²) >= 11 is 0. The Labute approximate surface area is 228 Å². The molecule has 0 fully saturated rings. The van der Waals surface area contributed by atoms with Crippen molar-refractivity contribution in [1.82, 2.24) is 0 Å². The number of aliphatic hydroxyl groups is 1. The molecule has 0 aromatic heterocycles. The molecular formula is C38H26O. The standard InChI is InChI=1S/C38H26O/c39-38(26-13-3-1-4-14-26,27-15-5-2-6-16-27)28-23-24-32-31-19-9-12-22-35(31)37(36(32)25-28)33-20-10-7-17-29(33)30-18-8-11-21-34(30)37/h1-25,39H. The van der Waals surface area contributed by atoms with Crippen molar-refractivity contribution < 1.29 is 5.11 Å². The van der Waals surface area contributed by atoms with E-state index < -0.39 is 11.0 Å². The van der Waals surface area contributed by atoms with Crippen LogP contribution in [-0.2, 0) is 11.0 Å². The summed E-state index contributed by atoms with van der Waals surface area (Å²) in [5.41, 5.74) is 11.0. The average molecular weight is 499 g/mol. The molecule has 0 amide bonds. The molecule has 2 aliphatic rings. The van der Waals surface area contributed by atoms with E-state index in [4.69, 9.17) is 0 Å². The smallest absolute Gasteiger partial charge is 0.140 e. The quantitative estimate of drug-likeness (QED) is 0.243. The van der Waals surface area contributed by atoms with Crippen LogP contribution in [0.25, 0.3) is 22.3 Å². The van der Waals surface area contributed by atoms with Crippen LogP contribution in [0.3, 0.4) is 0 Å². The zero-order chi connectivity index (χ0) is 26.0. The number of hydrogen-bond donors (Lipinski definition) is 1. The van der Waals surface area contributed by atoms with E-state index in [0.717, 1.165) is 16.7 Å². The fourth-order valence-electron chi connectivity index (χ4n) is 7.18. The van der Waals surface area contributed by atoms with Crippen molar-refractivity contribution in [1.29, 1.82) is 0 Å². The van der Waals surface area contributed by atoms with E-state index in [-0.39, 0.29) is 0 Å². The molecule has 0 saturated heterocycles. The van der Waals surface area contributed by atoms with E-state index >= 15 is 0 Å². The normalized spacial score (nSPS) is 14.0. The third-order valence-corrected chi connectivity index (χ3v) is 8.80. The summed E-state index contributed by atoms with van der Waals surface area (Å²) in [6.07, 6.45) is 0. The minimum absolute atomic E-state index is 0.441. The van der Waals surface area contributed by atoms with Crippen LogP contribution in [0.5, 0.6) is 0 Å². The van der Waals surface area contributed by atoms with Crippen LogP contribution in [0.15, 0.2) is 152 Å². The van der Waals surface area contributed by atoms with Gasteiger partial charge in [0.25, 0.3) is 0 Å². The summed E-state index contributed by atoms with van der Waals surface area (Å²) in [5, 5.41) is 12.7. The molecule has 1 spiro atoms. The highest BCUT2D eigenvalue weighted by Gasteiger charge is 2.52. The molecule has 1 heteroatoms. The van der Waals surface area contributed by atoms with E-state index in [1.54, 1.807) is 0 Å². The highest BCUT2D eigenvalue weighted by Crippen LogP contribution is 2.63. The van der Waals surface area contributed by atoms with Gasteiger partial charge in [0, 0.05) is 0 Å². The molecule has 0 saturated carbocycles. The van der Waals surface area contributed by atoms with Gasteiger partial charge in [0.15, 0.2) is 0 Å². The Morgan fingerprint density at radius 3 is 1.21 bits per heavy atom. The Morgan fingerprint density at radius 1 is 0.359 bits per heavy atom. The lowest BCUT2D eigenvalue weighted by molar-refractivity contribution is 0.125. The van der Waals surface area contributed by atoms with Gasteiger partial charge in [-0.05, 0) is 61.2 Å². The van der Waals surface area contributed by atoms with Crippen molar-refractivity contribution in [3.8, 4) is 22.3 Å². The first kappa shape index (κ1) is 22.3. The van der Waals surface area contributed by atoms with Crippen LogP contribution >= 0.6 is 0 Å². The van der Waals surface area contributed by atoms with Crippen LogP contribution in [0, 0.1) is 0 Å². The summed E-state index contributed by atoms with van der Waals surface area (Å²) < 4.78 is 0. The van der Waals surface area contributed by atoms with Crippen LogP contribution in [0.4, 0.5) is 0 Å². The molecule has 0 atom stereocenters. The van der Waals surface area contributed by atoms with Crippen molar-refractivity contribution in [2.45, 2.75) is 11.0 Å². The van der Waals surface area contributed by atoms with Gasteiger partial charge >= 0.3 is 0 Å². The average Bonchev–Trinajstić information content (AvgIpc) is 3.49. The molecule has 39 heavy (non-hydrogen) atoms. The van der Waals surface area contributed by atoms with Gasteiger partial charge in [-0.1, -0.05) is 152 Å². The second kappa shape index (κ2) is 8.14. The predicted octanol–water partition coefficient (Wildman–Crippen LogP) is 8.31. The van der Waals surface area contributed by atoms with E-state index in [1.165, 1.54) is 44.5 Å². The maximum Gasteiger partial charge on any atom is 0.140 e. The monoisotopic (exact) mass is 498 g/mol. The fourth-order valence-corrected chi connectivity index (χ4v) is 7.18. The molecule has 1 nitrogen and oxygen atoms in total. The maximum atomic E-state index is 12.7. The van der Waals surface area contributed by atoms with E-state index in [0.29, 0.717) is 0 Å². The molecular weight excluding hydrogens is 472 g/mol. The van der Waals surface area contributed by atoms with E-state index in [2.05, 4.69) is 91.0 Å². The van der Waals surface area contributed by atoms with Gasteiger partial charge in [-0.3, -0.25) is 0 Å². The second-order valence-corrected chi connectivity index (χ2v) is 10.6. The molecule has 6 aromatic carbocycles. The van der Waals surface area contributed by atoms with Crippen LogP contribution in [0.2, 0.25) is 0 Å². The summed E-state index contributed by atoms with van der Waals surface area (Å²) in [6, 6.07) is 53.1. The van der Waals surface area contributed by atoms with Gasteiger partial charge in [0.05, 0.1) is 5.41 Å². The Balaban J connectivity index is 1.48. The Bertz CT molecular complexity index is 1760. The lowest BCUT2D eigenvalue weighted by atomic mass is 9.69. The summed E-state index contributed by atoms with van der Waals surface area (Å²) in [4.78, 5) is 0. The minimum atomic E-state index is -1.30. The molecule has 1 N–H and O–H groups in total. The topological polar surface area (TPSA) is 20.2 Å². The van der Waals surface area contributed by atoms with Gasteiger partial charge in [-0.2, -0.15) is 0 Å². The Hall–Kier alpha value is -4.72. The van der Waals surface area contributed by atoms with Crippen molar-refractivity contribution in [2.75, 3.05) is 0 Å². The minimum Gasteiger partial charge on any atom is -0.376 e. The molecule has 0 bridgehead atoms. The molecule has 6 aromatic rings. The first-order valence-electron chi connectivity index (χ1n) is 13.5. The van der Waals surface area contributed by atoms with Crippen molar-refractivity contribution in [2.24, 2.45) is 0 Å². The third kappa shape index (κ3) is 2.83. The van der Waals surface area contributed by atoms with E-state index in [9.17, 15) is 5.11 Å². The van der Waals surface area contributed by atoms with Gasteiger partial charge in [0.1, 0.15) is 5.60 Å². The molecule has 2 aliphatic carbocycles. The molecule has 0 heterocycles.